The van der Waals surface area contributed by atoms with Crippen molar-refractivity contribution in [3.8, 4) is 0 Å². The maximum absolute atomic E-state index is 12.6. The summed E-state index contributed by atoms with van der Waals surface area (Å²) in [6, 6.07) is 0. The highest BCUT2D eigenvalue weighted by atomic mass is 16.5. The SMILES string of the molecule is CC/C=C\C/C=C\C/C=C\C/C=C\C/C=C\C(CCCCC(=O)NCC(=O)O)OC(=O)CCCCCCC/C=C\C/C=C\C/C=C\CC. The number of ether oxygens (including phenoxy) is 1. The summed E-state index contributed by atoms with van der Waals surface area (Å²) < 4.78 is 5.80. The monoisotopic (exact) mass is 663 g/mol. The van der Waals surface area contributed by atoms with E-state index in [2.05, 4.69) is 104 Å². The summed E-state index contributed by atoms with van der Waals surface area (Å²) in [5.74, 6) is -1.52. The third-order valence-electron chi connectivity index (χ3n) is 7.24. The zero-order valence-electron chi connectivity index (χ0n) is 30.0. The van der Waals surface area contributed by atoms with Crippen molar-refractivity contribution < 1.29 is 24.2 Å². The largest absolute Gasteiger partial charge is 0.480 e. The second kappa shape index (κ2) is 36.2. The Balaban J connectivity index is 4.42. The fourth-order valence-corrected chi connectivity index (χ4v) is 4.59. The zero-order chi connectivity index (χ0) is 35.2. The summed E-state index contributed by atoms with van der Waals surface area (Å²) in [4.78, 5) is 35.0. The number of carbonyl (C=O) groups is 3. The van der Waals surface area contributed by atoms with Crippen molar-refractivity contribution in [2.45, 2.75) is 142 Å². The van der Waals surface area contributed by atoms with Gasteiger partial charge in [0.05, 0.1) is 0 Å². The second-order valence-corrected chi connectivity index (χ2v) is 11.7. The van der Waals surface area contributed by atoms with Crippen LogP contribution in [-0.4, -0.2) is 35.6 Å². The highest BCUT2D eigenvalue weighted by Crippen LogP contribution is 2.13. The fourth-order valence-electron chi connectivity index (χ4n) is 4.59. The Morgan fingerprint density at radius 2 is 1.02 bits per heavy atom. The first kappa shape index (κ1) is 44.3. The summed E-state index contributed by atoms with van der Waals surface area (Å²) in [7, 11) is 0. The molecule has 1 amide bonds. The van der Waals surface area contributed by atoms with E-state index in [1.54, 1.807) is 0 Å². The van der Waals surface area contributed by atoms with E-state index >= 15 is 0 Å². The Bertz CT molecular complexity index is 1040. The van der Waals surface area contributed by atoms with Gasteiger partial charge in [0, 0.05) is 12.8 Å². The van der Waals surface area contributed by atoms with Crippen LogP contribution in [0.2, 0.25) is 0 Å². The number of carboxylic acid groups (broad SMARTS) is 1. The molecule has 0 aromatic rings. The average molecular weight is 664 g/mol. The molecular weight excluding hydrogens is 598 g/mol. The van der Waals surface area contributed by atoms with Crippen molar-refractivity contribution in [3.63, 3.8) is 0 Å². The summed E-state index contributed by atoms with van der Waals surface area (Å²) in [6.07, 6.45) is 51.0. The number of esters is 1. The van der Waals surface area contributed by atoms with Gasteiger partial charge in [-0.1, -0.05) is 124 Å². The minimum Gasteiger partial charge on any atom is -0.480 e. The molecule has 0 rings (SSSR count). The van der Waals surface area contributed by atoms with Crippen molar-refractivity contribution in [2.75, 3.05) is 6.54 Å². The minimum atomic E-state index is -1.06. The molecule has 0 aromatic heterocycles. The molecular formula is C42H65NO5. The Morgan fingerprint density at radius 3 is 1.56 bits per heavy atom. The van der Waals surface area contributed by atoms with Gasteiger partial charge in [0.25, 0.3) is 0 Å². The number of nitrogens with one attached hydrogen (secondary N) is 1. The van der Waals surface area contributed by atoms with Crippen LogP contribution in [0, 0.1) is 0 Å². The van der Waals surface area contributed by atoms with Crippen LogP contribution in [-0.2, 0) is 19.1 Å². The first-order valence-corrected chi connectivity index (χ1v) is 18.4. The zero-order valence-corrected chi connectivity index (χ0v) is 30.0. The lowest BCUT2D eigenvalue weighted by molar-refractivity contribution is -0.147. The highest BCUT2D eigenvalue weighted by Gasteiger charge is 2.12. The van der Waals surface area contributed by atoms with Crippen LogP contribution in [0.25, 0.3) is 0 Å². The van der Waals surface area contributed by atoms with E-state index in [0.29, 0.717) is 25.7 Å². The Labute approximate surface area is 292 Å². The smallest absolute Gasteiger partial charge is 0.322 e. The lowest BCUT2D eigenvalue weighted by atomic mass is 10.1. The van der Waals surface area contributed by atoms with E-state index in [9.17, 15) is 14.4 Å². The Hall–Kier alpha value is -3.67. The maximum Gasteiger partial charge on any atom is 0.322 e. The molecule has 0 radical (unpaired) electrons. The number of amides is 1. The Kier molecular flexibility index (Phi) is 33.4. The molecule has 0 fully saturated rings. The molecule has 0 spiro atoms. The van der Waals surface area contributed by atoms with Crippen LogP contribution in [0.5, 0.6) is 0 Å². The third kappa shape index (κ3) is 35.2. The lowest BCUT2D eigenvalue weighted by Gasteiger charge is -2.14. The first-order chi connectivity index (χ1) is 23.5. The fraction of sp³-hybridized carbons (Fsp3) is 0.548. The number of rotatable bonds is 31. The molecule has 0 aliphatic rings. The number of hydrogen-bond donors (Lipinski definition) is 2. The van der Waals surface area contributed by atoms with E-state index < -0.39 is 5.97 Å². The van der Waals surface area contributed by atoms with E-state index in [0.717, 1.165) is 77.0 Å². The van der Waals surface area contributed by atoms with E-state index in [1.165, 1.54) is 12.8 Å². The predicted molar refractivity (Wildman–Crippen MR) is 203 cm³/mol. The maximum atomic E-state index is 12.6. The number of carboxylic acids is 1. The van der Waals surface area contributed by atoms with Gasteiger partial charge in [-0.3, -0.25) is 14.4 Å². The molecule has 2 N–H and O–H groups in total. The van der Waals surface area contributed by atoms with Gasteiger partial charge in [-0.05, 0) is 96.0 Å². The first-order valence-electron chi connectivity index (χ1n) is 18.4. The molecule has 268 valence electrons. The van der Waals surface area contributed by atoms with Gasteiger partial charge < -0.3 is 15.2 Å². The van der Waals surface area contributed by atoms with Gasteiger partial charge in [0.2, 0.25) is 5.91 Å². The lowest BCUT2D eigenvalue weighted by Crippen LogP contribution is -2.28. The normalized spacial score (nSPS) is 13.2. The second-order valence-electron chi connectivity index (χ2n) is 11.7. The number of carbonyl (C=O) groups excluding carboxylic acids is 2. The van der Waals surface area contributed by atoms with Crippen molar-refractivity contribution in [2.24, 2.45) is 0 Å². The van der Waals surface area contributed by atoms with Crippen LogP contribution in [0.15, 0.2) is 97.2 Å². The predicted octanol–water partition coefficient (Wildman–Crippen LogP) is 11.0. The summed E-state index contributed by atoms with van der Waals surface area (Å²) >= 11 is 0. The van der Waals surface area contributed by atoms with E-state index in [1.807, 2.05) is 12.2 Å². The standard InChI is InChI=1S/C42H65NO5/c1-3-5-7-9-11-13-15-17-19-21-23-25-27-29-31-37-42(47)48-39(35-32-33-36-40(44)43-38-41(45)46)34-30-28-26-24-22-20-18-16-14-12-10-8-6-4-2/h5-8,11-14,17-20,24,26,30,34,39H,3-4,9-10,15-16,21-23,25,27-29,31-33,35-38H2,1-2H3,(H,43,44)(H,45,46)/b7-5-,8-6-,13-11-,14-12-,19-17-,20-18-,26-24-,34-30-. The van der Waals surface area contributed by atoms with Crippen LogP contribution < -0.4 is 5.32 Å². The van der Waals surface area contributed by atoms with Gasteiger partial charge in [0.15, 0.2) is 0 Å². The minimum absolute atomic E-state index is 0.180. The summed E-state index contributed by atoms with van der Waals surface area (Å²) in [6.45, 7) is 3.91. The van der Waals surface area contributed by atoms with Crippen LogP contribution in [0.4, 0.5) is 0 Å². The van der Waals surface area contributed by atoms with Crippen molar-refractivity contribution in [3.05, 3.63) is 97.2 Å². The highest BCUT2D eigenvalue weighted by molar-refractivity contribution is 5.80. The molecule has 0 heterocycles. The van der Waals surface area contributed by atoms with Crippen LogP contribution in [0.1, 0.15) is 136 Å². The topological polar surface area (TPSA) is 92.7 Å². The molecule has 1 atom stereocenters. The quantitative estimate of drug-likeness (QED) is 0.0437. The van der Waals surface area contributed by atoms with Gasteiger partial charge in [-0.2, -0.15) is 0 Å². The molecule has 6 heteroatoms. The summed E-state index contributed by atoms with van der Waals surface area (Å²) in [5, 5.41) is 11.1. The van der Waals surface area contributed by atoms with Gasteiger partial charge in [-0.25, -0.2) is 0 Å². The van der Waals surface area contributed by atoms with Crippen molar-refractivity contribution in [1.82, 2.24) is 5.32 Å². The molecule has 48 heavy (non-hydrogen) atoms. The number of unbranched alkanes of at least 4 members (excludes halogenated alkanes) is 6. The molecule has 0 aliphatic carbocycles. The van der Waals surface area contributed by atoms with Crippen LogP contribution >= 0.6 is 0 Å². The van der Waals surface area contributed by atoms with E-state index in [4.69, 9.17) is 9.84 Å². The average Bonchev–Trinajstić information content (AvgIpc) is 3.07. The van der Waals surface area contributed by atoms with Gasteiger partial charge >= 0.3 is 11.9 Å². The molecule has 0 saturated carbocycles. The van der Waals surface area contributed by atoms with Gasteiger partial charge in [-0.15, -0.1) is 0 Å². The molecule has 1 unspecified atom stereocenters. The number of hydrogen-bond acceptors (Lipinski definition) is 4. The molecule has 0 aliphatic heterocycles. The Morgan fingerprint density at radius 1 is 0.562 bits per heavy atom. The van der Waals surface area contributed by atoms with E-state index in [-0.39, 0.29) is 30.9 Å². The summed E-state index contributed by atoms with van der Waals surface area (Å²) in [5.41, 5.74) is 0. The van der Waals surface area contributed by atoms with Crippen LogP contribution in [0.3, 0.4) is 0 Å². The van der Waals surface area contributed by atoms with Gasteiger partial charge in [0.1, 0.15) is 12.6 Å². The molecule has 0 bridgehead atoms. The number of aliphatic carboxylic acids is 1. The van der Waals surface area contributed by atoms with Crippen molar-refractivity contribution in [1.29, 1.82) is 0 Å². The number of allylic oxidation sites excluding steroid dienone is 15. The molecule has 0 aromatic carbocycles. The molecule has 6 nitrogen and oxygen atoms in total. The third-order valence-corrected chi connectivity index (χ3v) is 7.24. The molecule has 0 saturated heterocycles. The van der Waals surface area contributed by atoms with Crippen molar-refractivity contribution >= 4 is 17.8 Å².